The molecule has 0 heterocycles. The Kier molecular flexibility index (Phi) is 4.81. The molecule has 0 aliphatic rings. The number of ether oxygens (including phenoxy) is 1. The molecule has 0 aromatic heterocycles. The summed E-state index contributed by atoms with van der Waals surface area (Å²) in [6.07, 6.45) is 2.08. The van der Waals surface area contributed by atoms with Crippen LogP contribution in [0.3, 0.4) is 0 Å². The second-order valence-electron chi connectivity index (χ2n) is 3.08. The first kappa shape index (κ1) is 13.3. The number of nitro groups is 1. The monoisotopic (exact) mass is 300 g/mol. The minimum Gasteiger partial charge on any atom is -0.492 e. The molecule has 7 heteroatoms. The molecular weight excluding hydrogens is 292 g/mol. The Bertz CT molecular complexity index is 483. The maximum Gasteiger partial charge on any atom is 0.297 e. The van der Waals surface area contributed by atoms with Gasteiger partial charge in [0.15, 0.2) is 5.69 Å². The molecule has 0 bridgehead atoms. The Morgan fingerprint density at radius 1 is 1.59 bits per heavy atom. The van der Waals surface area contributed by atoms with E-state index in [4.69, 9.17) is 4.74 Å². The number of carbonyl (C=O) groups excluding carboxylic acids is 1. The van der Waals surface area contributed by atoms with Crippen LogP contribution in [0.5, 0.6) is 5.75 Å². The standard InChI is InChI=1S/C10H9BrN2O4/c1-2-3-17-10-5-8(12-6-14)9(13(15)16)4-7(10)11/h4-5H,2-3H2,1H3. The van der Waals surface area contributed by atoms with Gasteiger partial charge in [0, 0.05) is 12.1 Å². The van der Waals surface area contributed by atoms with E-state index < -0.39 is 4.92 Å². The summed E-state index contributed by atoms with van der Waals surface area (Å²) in [6, 6.07) is 2.59. The number of hydrogen-bond donors (Lipinski definition) is 0. The SMILES string of the molecule is CCCOc1cc(N=C=O)c([N+](=O)[O-])cc1Br. The van der Waals surface area contributed by atoms with E-state index in [1.165, 1.54) is 18.2 Å². The van der Waals surface area contributed by atoms with Crippen molar-refractivity contribution >= 4 is 33.4 Å². The van der Waals surface area contributed by atoms with Crippen molar-refractivity contribution in [1.29, 1.82) is 0 Å². The van der Waals surface area contributed by atoms with Crippen LogP contribution in [0.2, 0.25) is 0 Å². The largest absolute Gasteiger partial charge is 0.492 e. The van der Waals surface area contributed by atoms with Crippen LogP contribution in [0.15, 0.2) is 21.6 Å². The van der Waals surface area contributed by atoms with Gasteiger partial charge in [0.25, 0.3) is 5.69 Å². The minimum absolute atomic E-state index is 0.0701. The topological polar surface area (TPSA) is 81.8 Å². The Morgan fingerprint density at radius 3 is 2.82 bits per heavy atom. The van der Waals surface area contributed by atoms with Crippen LogP contribution in [0.4, 0.5) is 11.4 Å². The lowest BCUT2D eigenvalue weighted by Crippen LogP contribution is -1.97. The molecule has 0 atom stereocenters. The van der Waals surface area contributed by atoms with Crippen LogP contribution in [-0.4, -0.2) is 17.6 Å². The zero-order chi connectivity index (χ0) is 12.8. The third-order valence-corrected chi connectivity index (χ3v) is 2.47. The number of nitro benzene ring substituents is 1. The zero-order valence-corrected chi connectivity index (χ0v) is 10.6. The first-order valence-electron chi connectivity index (χ1n) is 4.78. The highest BCUT2D eigenvalue weighted by atomic mass is 79.9. The van der Waals surface area contributed by atoms with Gasteiger partial charge < -0.3 is 4.74 Å². The molecule has 0 spiro atoms. The predicted molar refractivity (Wildman–Crippen MR) is 64.4 cm³/mol. The van der Waals surface area contributed by atoms with Crippen molar-refractivity contribution in [3.05, 3.63) is 26.7 Å². The summed E-state index contributed by atoms with van der Waals surface area (Å²) in [5.74, 6) is 0.409. The van der Waals surface area contributed by atoms with Gasteiger partial charge in [0.05, 0.1) is 16.0 Å². The number of hydrogen-bond acceptors (Lipinski definition) is 5. The van der Waals surface area contributed by atoms with Crippen molar-refractivity contribution in [2.75, 3.05) is 6.61 Å². The predicted octanol–water partition coefficient (Wildman–Crippen LogP) is 3.11. The number of nitrogens with zero attached hydrogens (tertiary/aromatic N) is 2. The van der Waals surface area contributed by atoms with Crippen LogP contribution in [0.1, 0.15) is 13.3 Å². The van der Waals surface area contributed by atoms with E-state index in [0.29, 0.717) is 16.8 Å². The van der Waals surface area contributed by atoms with E-state index in [0.717, 1.165) is 6.42 Å². The van der Waals surface area contributed by atoms with Crippen LogP contribution in [0.25, 0.3) is 0 Å². The molecule has 0 amide bonds. The molecule has 6 nitrogen and oxygen atoms in total. The molecule has 90 valence electrons. The molecule has 0 fully saturated rings. The van der Waals surface area contributed by atoms with Crippen molar-refractivity contribution < 1.29 is 14.5 Å². The van der Waals surface area contributed by atoms with Gasteiger partial charge in [-0.25, -0.2) is 4.79 Å². The number of benzene rings is 1. The molecule has 0 N–H and O–H groups in total. The van der Waals surface area contributed by atoms with E-state index in [1.54, 1.807) is 0 Å². The number of aliphatic imine (C=N–C) groups is 1. The lowest BCUT2D eigenvalue weighted by atomic mass is 10.2. The third kappa shape index (κ3) is 3.37. The summed E-state index contributed by atoms with van der Waals surface area (Å²) in [7, 11) is 0. The smallest absolute Gasteiger partial charge is 0.297 e. The Balaban J connectivity index is 3.24. The highest BCUT2D eigenvalue weighted by Gasteiger charge is 2.17. The van der Waals surface area contributed by atoms with Crippen molar-refractivity contribution in [2.24, 2.45) is 4.99 Å². The van der Waals surface area contributed by atoms with E-state index in [9.17, 15) is 14.9 Å². The van der Waals surface area contributed by atoms with E-state index in [1.807, 2.05) is 6.92 Å². The molecule has 0 saturated carbocycles. The Labute approximate surface area is 106 Å². The molecule has 1 aromatic carbocycles. The van der Waals surface area contributed by atoms with Crippen molar-refractivity contribution in [3.63, 3.8) is 0 Å². The normalized spacial score (nSPS) is 9.53. The van der Waals surface area contributed by atoms with Gasteiger partial charge in [-0.15, -0.1) is 0 Å². The van der Waals surface area contributed by atoms with Gasteiger partial charge in [-0.1, -0.05) is 6.92 Å². The van der Waals surface area contributed by atoms with Gasteiger partial charge in [-0.2, -0.15) is 4.99 Å². The molecule has 0 unspecified atom stereocenters. The fraction of sp³-hybridized carbons (Fsp3) is 0.300. The van der Waals surface area contributed by atoms with E-state index in [-0.39, 0.29) is 11.4 Å². The van der Waals surface area contributed by atoms with Crippen molar-refractivity contribution in [2.45, 2.75) is 13.3 Å². The molecule has 17 heavy (non-hydrogen) atoms. The van der Waals surface area contributed by atoms with E-state index >= 15 is 0 Å². The van der Waals surface area contributed by atoms with Crippen LogP contribution >= 0.6 is 15.9 Å². The maximum atomic E-state index is 10.7. The van der Waals surface area contributed by atoms with Gasteiger partial charge >= 0.3 is 0 Å². The lowest BCUT2D eigenvalue weighted by molar-refractivity contribution is -0.384. The number of isocyanates is 1. The highest BCUT2D eigenvalue weighted by molar-refractivity contribution is 9.10. The first-order valence-corrected chi connectivity index (χ1v) is 5.58. The summed E-state index contributed by atoms with van der Waals surface area (Å²) in [5, 5.41) is 10.7. The average molecular weight is 301 g/mol. The Hall–Kier alpha value is -1.72. The highest BCUT2D eigenvalue weighted by Crippen LogP contribution is 2.37. The second kappa shape index (κ2) is 6.12. The minimum atomic E-state index is -0.621. The van der Waals surface area contributed by atoms with Gasteiger partial charge in [0.1, 0.15) is 5.75 Å². The van der Waals surface area contributed by atoms with Gasteiger partial charge in [-0.3, -0.25) is 10.1 Å². The molecule has 0 aliphatic heterocycles. The Morgan fingerprint density at radius 2 is 2.29 bits per heavy atom. The average Bonchev–Trinajstić information content (AvgIpc) is 2.29. The van der Waals surface area contributed by atoms with Crippen molar-refractivity contribution in [3.8, 4) is 5.75 Å². The molecule has 1 rings (SSSR count). The summed E-state index contributed by atoms with van der Waals surface area (Å²) in [6.45, 7) is 2.41. The number of rotatable bonds is 5. The van der Waals surface area contributed by atoms with Gasteiger partial charge in [-0.05, 0) is 22.4 Å². The fourth-order valence-corrected chi connectivity index (χ4v) is 1.59. The molecule has 0 saturated heterocycles. The second-order valence-corrected chi connectivity index (χ2v) is 3.93. The maximum absolute atomic E-state index is 10.7. The summed E-state index contributed by atoms with van der Waals surface area (Å²) >= 11 is 3.16. The molecule has 0 radical (unpaired) electrons. The quantitative estimate of drug-likeness (QED) is 0.362. The summed E-state index contributed by atoms with van der Waals surface area (Å²) in [4.78, 5) is 23.6. The lowest BCUT2D eigenvalue weighted by Gasteiger charge is -2.07. The van der Waals surface area contributed by atoms with Crippen molar-refractivity contribution in [1.82, 2.24) is 0 Å². The van der Waals surface area contributed by atoms with Crippen LogP contribution in [-0.2, 0) is 4.79 Å². The molecular formula is C10H9BrN2O4. The number of halogens is 1. The fourth-order valence-electron chi connectivity index (χ4n) is 1.14. The summed E-state index contributed by atoms with van der Waals surface area (Å²) < 4.78 is 5.80. The van der Waals surface area contributed by atoms with Crippen LogP contribution < -0.4 is 4.74 Å². The zero-order valence-electron chi connectivity index (χ0n) is 8.97. The van der Waals surface area contributed by atoms with E-state index in [2.05, 4.69) is 20.9 Å². The summed E-state index contributed by atoms with van der Waals surface area (Å²) in [5.41, 5.74) is -0.344. The molecule has 0 aliphatic carbocycles. The third-order valence-electron chi connectivity index (χ3n) is 1.85. The molecule has 1 aromatic rings. The van der Waals surface area contributed by atoms with Crippen LogP contribution in [0, 0.1) is 10.1 Å². The van der Waals surface area contributed by atoms with Gasteiger partial charge in [0.2, 0.25) is 6.08 Å². The first-order chi connectivity index (χ1) is 8.10.